The summed E-state index contributed by atoms with van der Waals surface area (Å²) in [5.41, 5.74) is 2.05. The van der Waals surface area contributed by atoms with Gasteiger partial charge in [0.15, 0.2) is 7.14 Å². The lowest BCUT2D eigenvalue weighted by Crippen LogP contribution is -2.31. The van der Waals surface area contributed by atoms with Crippen LogP contribution < -0.4 is 21.9 Å². The lowest BCUT2D eigenvalue weighted by molar-refractivity contribution is -0.118. The van der Waals surface area contributed by atoms with Gasteiger partial charge >= 0.3 is 0 Å². The Morgan fingerprint density at radius 2 is 1.65 bits per heavy atom. The fourth-order valence-corrected chi connectivity index (χ4v) is 5.63. The quantitative estimate of drug-likeness (QED) is 0.186. The number of thioether (sulfide) groups is 1. The molecule has 1 amide bonds. The first kappa shape index (κ1) is 18.4. The van der Waals surface area contributed by atoms with Gasteiger partial charge in [-0.3, -0.25) is 15.3 Å². The first-order valence-electron chi connectivity index (χ1n) is 7.85. The van der Waals surface area contributed by atoms with Gasteiger partial charge in [-0.25, -0.2) is 10.8 Å². The van der Waals surface area contributed by atoms with Crippen LogP contribution in [0.3, 0.4) is 0 Å². The number of rotatable bonds is 7. The summed E-state index contributed by atoms with van der Waals surface area (Å²) in [4.78, 5) is 15.6. The van der Waals surface area contributed by atoms with Crippen LogP contribution in [0.1, 0.15) is 5.82 Å². The maximum Gasteiger partial charge on any atom is 0.244 e. The number of amides is 1. The van der Waals surface area contributed by atoms with E-state index in [1.807, 2.05) is 60.7 Å². The molecule has 0 bridgehead atoms. The molecule has 7 nitrogen and oxygen atoms in total. The smallest absolute Gasteiger partial charge is 0.244 e. The lowest BCUT2D eigenvalue weighted by atomic mass is 10.4. The fourth-order valence-electron chi connectivity index (χ4n) is 2.46. The number of nitrogens with one attached hydrogen (secondary N) is 2. The summed E-state index contributed by atoms with van der Waals surface area (Å²) >= 11 is 1.16. The summed E-state index contributed by atoms with van der Waals surface area (Å²) < 4.78 is 13.9. The van der Waals surface area contributed by atoms with Crippen molar-refractivity contribution in [3.05, 3.63) is 66.5 Å². The molecule has 0 saturated heterocycles. The third kappa shape index (κ3) is 4.22. The van der Waals surface area contributed by atoms with E-state index in [1.54, 1.807) is 0 Å². The summed E-state index contributed by atoms with van der Waals surface area (Å²) in [6, 6.07) is 18.7. The van der Waals surface area contributed by atoms with Crippen LogP contribution >= 0.6 is 18.9 Å². The molecule has 0 spiro atoms. The van der Waals surface area contributed by atoms with Crippen LogP contribution in [0.25, 0.3) is 0 Å². The van der Waals surface area contributed by atoms with Crippen molar-refractivity contribution in [2.24, 2.45) is 5.84 Å². The van der Waals surface area contributed by atoms with Gasteiger partial charge in [-0.2, -0.15) is 0 Å². The van der Waals surface area contributed by atoms with E-state index >= 15 is 0 Å². The van der Waals surface area contributed by atoms with E-state index in [9.17, 15) is 9.36 Å². The Morgan fingerprint density at radius 1 is 1.08 bits per heavy atom. The van der Waals surface area contributed by atoms with Crippen molar-refractivity contribution >= 4 is 35.4 Å². The number of aromatic amines is 1. The summed E-state index contributed by atoms with van der Waals surface area (Å²) in [5, 5.41) is 8.84. The Labute approximate surface area is 155 Å². The molecule has 0 radical (unpaired) electrons. The van der Waals surface area contributed by atoms with E-state index in [-0.39, 0.29) is 17.8 Å². The Bertz CT molecular complexity index is 874. The molecule has 1 heterocycles. The number of nitrogens with zero attached hydrogens (tertiary/aromatic N) is 2. The Morgan fingerprint density at radius 3 is 2.19 bits per heavy atom. The topological polar surface area (TPSA) is 114 Å². The third-order valence-corrected chi connectivity index (χ3v) is 7.58. The van der Waals surface area contributed by atoms with Gasteiger partial charge in [-0.15, -0.1) is 5.10 Å². The Balaban J connectivity index is 1.87. The molecule has 0 aliphatic heterocycles. The van der Waals surface area contributed by atoms with Crippen molar-refractivity contribution in [3.8, 4) is 0 Å². The maximum absolute atomic E-state index is 13.9. The molecule has 9 heteroatoms. The highest BCUT2D eigenvalue weighted by molar-refractivity contribution is 7.99. The van der Waals surface area contributed by atoms with Gasteiger partial charge in [0, 0.05) is 10.6 Å². The molecule has 0 fully saturated rings. The van der Waals surface area contributed by atoms with Gasteiger partial charge in [-0.05, 0) is 0 Å². The third-order valence-electron chi connectivity index (χ3n) is 3.72. The second kappa shape index (κ2) is 8.31. The number of carbonyl (C=O) groups excluding carboxylic acids is 1. The van der Waals surface area contributed by atoms with Gasteiger partial charge in [0.1, 0.15) is 5.82 Å². The van der Waals surface area contributed by atoms with E-state index < -0.39 is 7.14 Å². The molecule has 26 heavy (non-hydrogen) atoms. The number of hydrazine groups is 1. The zero-order chi connectivity index (χ0) is 18.4. The largest absolute Gasteiger partial charge is 0.313 e. The van der Waals surface area contributed by atoms with Crippen LogP contribution in [0.5, 0.6) is 0 Å². The minimum Gasteiger partial charge on any atom is -0.313 e. The molecular formula is C17H18N5O2PS. The molecule has 3 rings (SSSR count). The zero-order valence-corrected chi connectivity index (χ0v) is 15.5. The molecule has 0 aliphatic carbocycles. The van der Waals surface area contributed by atoms with Crippen LogP contribution in [-0.4, -0.2) is 26.8 Å². The average molecular weight is 387 g/mol. The number of carbonyl (C=O) groups is 1. The van der Waals surface area contributed by atoms with Crippen molar-refractivity contribution in [2.45, 2.75) is 11.3 Å². The van der Waals surface area contributed by atoms with E-state index in [0.29, 0.717) is 11.0 Å². The molecule has 0 unspecified atom stereocenters. The van der Waals surface area contributed by atoms with E-state index in [4.69, 9.17) is 5.84 Å². The second-order valence-corrected chi connectivity index (χ2v) is 9.26. The molecule has 134 valence electrons. The van der Waals surface area contributed by atoms with Crippen LogP contribution in [-0.2, 0) is 15.5 Å². The van der Waals surface area contributed by atoms with Crippen molar-refractivity contribution in [2.75, 3.05) is 5.75 Å². The first-order chi connectivity index (χ1) is 12.6. The van der Waals surface area contributed by atoms with Crippen molar-refractivity contribution in [1.29, 1.82) is 0 Å². The number of H-pyrrole nitrogens is 1. The number of hydrogen-bond donors (Lipinski definition) is 3. The SMILES string of the molecule is NNC(=O)CSc1n[nH]c(CP(=O)(c2ccccc2)c2ccccc2)n1. The van der Waals surface area contributed by atoms with Crippen LogP contribution in [0, 0.1) is 0 Å². The minimum absolute atomic E-state index is 0.114. The molecule has 0 atom stereocenters. The van der Waals surface area contributed by atoms with Gasteiger partial charge in [-0.1, -0.05) is 72.4 Å². The molecule has 3 aromatic rings. The number of nitrogens with two attached hydrogens (primary N) is 1. The summed E-state index contributed by atoms with van der Waals surface area (Å²) in [5.74, 6) is 5.36. The molecule has 1 aromatic heterocycles. The predicted octanol–water partition coefficient (Wildman–Crippen LogP) is 1.40. The van der Waals surface area contributed by atoms with E-state index in [0.717, 1.165) is 22.4 Å². The van der Waals surface area contributed by atoms with Crippen LogP contribution in [0.2, 0.25) is 0 Å². The van der Waals surface area contributed by atoms with Gasteiger partial charge < -0.3 is 4.57 Å². The van der Waals surface area contributed by atoms with Crippen molar-refractivity contribution < 1.29 is 9.36 Å². The molecule has 0 aliphatic rings. The highest BCUT2D eigenvalue weighted by atomic mass is 32.2. The van der Waals surface area contributed by atoms with Crippen molar-refractivity contribution in [3.63, 3.8) is 0 Å². The zero-order valence-electron chi connectivity index (χ0n) is 13.8. The standard InChI is InChI=1S/C17H18N5O2PS/c18-20-16(23)12-26-17-19-15(21-22-17)11-25(24,13-7-3-1-4-8-13)14-9-5-2-6-10-14/h1-10H,11-12,18H2,(H,20,23)(H,19,21,22). The van der Waals surface area contributed by atoms with Gasteiger partial charge in [0.25, 0.3) is 0 Å². The fraction of sp³-hybridized carbons (Fsp3) is 0.118. The van der Waals surface area contributed by atoms with E-state index in [2.05, 4.69) is 20.6 Å². The summed E-state index contributed by atoms with van der Waals surface area (Å²) in [6.45, 7) is 0. The van der Waals surface area contributed by atoms with Gasteiger partial charge in [0.05, 0.1) is 11.9 Å². The predicted molar refractivity (Wildman–Crippen MR) is 103 cm³/mol. The highest BCUT2D eigenvalue weighted by Gasteiger charge is 2.29. The number of hydrogen-bond acceptors (Lipinski definition) is 6. The van der Waals surface area contributed by atoms with Crippen molar-refractivity contribution in [1.82, 2.24) is 20.6 Å². The lowest BCUT2D eigenvalue weighted by Gasteiger charge is -2.18. The number of aromatic nitrogens is 3. The Hall–Kier alpha value is -2.41. The monoisotopic (exact) mass is 387 g/mol. The van der Waals surface area contributed by atoms with Gasteiger partial charge in [0.2, 0.25) is 11.1 Å². The Kier molecular flexibility index (Phi) is 5.88. The molecule has 2 aromatic carbocycles. The highest BCUT2D eigenvalue weighted by Crippen LogP contribution is 2.46. The normalized spacial score (nSPS) is 11.3. The molecule has 4 N–H and O–H groups in total. The molecule has 0 saturated carbocycles. The first-order valence-corrected chi connectivity index (χ1v) is 10.7. The summed E-state index contributed by atoms with van der Waals surface area (Å²) in [6.07, 6.45) is 0.220. The average Bonchev–Trinajstić information content (AvgIpc) is 3.14. The molecular weight excluding hydrogens is 369 g/mol. The van der Waals surface area contributed by atoms with E-state index in [1.165, 1.54) is 0 Å². The maximum atomic E-state index is 13.9. The minimum atomic E-state index is -2.92. The van der Waals surface area contributed by atoms with Crippen LogP contribution in [0.15, 0.2) is 65.8 Å². The van der Waals surface area contributed by atoms with Crippen LogP contribution in [0.4, 0.5) is 0 Å². The second-order valence-electron chi connectivity index (χ2n) is 5.49. The number of benzene rings is 2. The summed E-state index contributed by atoms with van der Waals surface area (Å²) in [7, 11) is -2.92.